The monoisotopic (exact) mass is 362 g/mol. The second kappa shape index (κ2) is 7.67. The van der Waals surface area contributed by atoms with Crippen molar-refractivity contribution in [3.8, 4) is 11.3 Å². The third-order valence-corrected chi connectivity index (χ3v) is 4.88. The van der Waals surface area contributed by atoms with Crippen LogP contribution in [0.25, 0.3) is 11.3 Å². The number of aryl methyl sites for hydroxylation is 1. The molecule has 1 amide bonds. The summed E-state index contributed by atoms with van der Waals surface area (Å²) >= 11 is 0. The number of aromatic nitrogens is 4. The van der Waals surface area contributed by atoms with E-state index in [-0.39, 0.29) is 5.91 Å². The van der Waals surface area contributed by atoms with Crippen LogP contribution >= 0.6 is 0 Å². The fraction of sp³-hybridized carbons (Fsp3) is 0.300. The van der Waals surface area contributed by atoms with Gasteiger partial charge in [0.25, 0.3) is 5.91 Å². The quantitative estimate of drug-likeness (QED) is 0.708. The molecule has 0 aliphatic carbocycles. The molecular weight excluding hydrogens is 340 g/mol. The van der Waals surface area contributed by atoms with Gasteiger partial charge in [0, 0.05) is 63.9 Å². The second-order valence-electron chi connectivity index (χ2n) is 6.66. The molecule has 0 aromatic carbocycles. The Balaban J connectivity index is 1.37. The molecule has 0 unspecified atom stereocenters. The molecule has 0 atom stereocenters. The van der Waals surface area contributed by atoms with E-state index in [1.807, 2.05) is 40.9 Å². The van der Waals surface area contributed by atoms with Crippen LogP contribution in [0.5, 0.6) is 0 Å². The molecular formula is C20H22N6O. The summed E-state index contributed by atoms with van der Waals surface area (Å²) in [5.74, 6) is 0.00996. The molecule has 3 aromatic rings. The first kappa shape index (κ1) is 17.4. The topological polar surface area (TPSA) is 67.2 Å². The minimum atomic E-state index is 0.00996. The first-order chi connectivity index (χ1) is 13.2. The summed E-state index contributed by atoms with van der Waals surface area (Å²) in [6.07, 6.45) is 5.22. The smallest absolute Gasteiger partial charge is 0.272 e. The molecule has 1 aliphatic heterocycles. The van der Waals surface area contributed by atoms with E-state index in [2.05, 4.69) is 26.0 Å². The average Bonchev–Trinajstić information content (AvgIpc) is 3.10. The molecule has 27 heavy (non-hydrogen) atoms. The molecule has 1 aliphatic rings. The number of carbonyl (C=O) groups excluding carboxylic acids is 1. The SMILES string of the molecule is Cn1nc(-c2ccncc2)cc1CN1CCN(C(=O)c2ccccn2)CC1. The van der Waals surface area contributed by atoms with E-state index in [9.17, 15) is 4.79 Å². The highest BCUT2D eigenvalue weighted by Gasteiger charge is 2.23. The van der Waals surface area contributed by atoms with Crippen LogP contribution in [0, 0.1) is 0 Å². The number of rotatable bonds is 4. The second-order valence-corrected chi connectivity index (χ2v) is 6.66. The van der Waals surface area contributed by atoms with Gasteiger partial charge in [-0.25, -0.2) is 0 Å². The van der Waals surface area contributed by atoms with Crippen molar-refractivity contribution in [1.29, 1.82) is 0 Å². The summed E-state index contributed by atoms with van der Waals surface area (Å²) in [5, 5.41) is 4.62. The Labute approximate surface area is 158 Å². The van der Waals surface area contributed by atoms with Crippen molar-refractivity contribution in [2.45, 2.75) is 6.54 Å². The maximum absolute atomic E-state index is 12.5. The van der Waals surface area contributed by atoms with Crippen molar-refractivity contribution in [3.05, 3.63) is 66.4 Å². The summed E-state index contributed by atoms with van der Waals surface area (Å²) in [5.41, 5.74) is 3.70. The van der Waals surface area contributed by atoms with Gasteiger partial charge in [-0.15, -0.1) is 0 Å². The van der Waals surface area contributed by atoms with Crippen molar-refractivity contribution >= 4 is 5.91 Å². The lowest BCUT2D eigenvalue weighted by atomic mass is 10.2. The Kier molecular flexibility index (Phi) is 4.93. The van der Waals surface area contributed by atoms with Gasteiger partial charge in [-0.3, -0.25) is 24.3 Å². The Bertz CT molecular complexity index is 901. The van der Waals surface area contributed by atoms with Crippen molar-refractivity contribution < 1.29 is 4.79 Å². The number of pyridine rings is 2. The van der Waals surface area contributed by atoms with Gasteiger partial charge in [0.2, 0.25) is 0 Å². The van der Waals surface area contributed by atoms with E-state index in [1.165, 1.54) is 0 Å². The number of nitrogens with zero attached hydrogens (tertiary/aromatic N) is 6. The van der Waals surface area contributed by atoms with Crippen LogP contribution in [-0.2, 0) is 13.6 Å². The number of hydrogen-bond donors (Lipinski definition) is 0. The lowest BCUT2D eigenvalue weighted by Crippen LogP contribution is -2.48. The summed E-state index contributed by atoms with van der Waals surface area (Å²) < 4.78 is 1.93. The third-order valence-electron chi connectivity index (χ3n) is 4.88. The number of hydrogen-bond acceptors (Lipinski definition) is 5. The van der Waals surface area contributed by atoms with E-state index in [0.29, 0.717) is 18.8 Å². The molecule has 1 fully saturated rings. The van der Waals surface area contributed by atoms with E-state index >= 15 is 0 Å². The molecule has 7 heteroatoms. The molecule has 1 saturated heterocycles. The van der Waals surface area contributed by atoms with Gasteiger partial charge in [0.05, 0.1) is 11.4 Å². The zero-order valence-corrected chi connectivity index (χ0v) is 15.3. The fourth-order valence-electron chi connectivity index (χ4n) is 3.31. The molecule has 4 rings (SSSR count). The molecule has 0 saturated carbocycles. The minimum Gasteiger partial charge on any atom is -0.335 e. The van der Waals surface area contributed by atoms with Gasteiger partial charge in [-0.2, -0.15) is 5.10 Å². The Hall–Kier alpha value is -3.06. The Morgan fingerprint density at radius 3 is 2.52 bits per heavy atom. The predicted octanol–water partition coefficient (Wildman–Crippen LogP) is 1.84. The summed E-state index contributed by atoms with van der Waals surface area (Å²) in [4.78, 5) is 25.0. The highest BCUT2D eigenvalue weighted by atomic mass is 16.2. The van der Waals surface area contributed by atoms with Gasteiger partial charge in [0.15, 0.2) is 0 Å². The van der Waals surface area contributed by atoms with Crippen LogP contribution < -0.4 is 0 Å². The van der Waals surface area contributed by atoms with Gasteiger partial charge >= 0.3 is 0 Å². The van der Waals surface area contributed by atoms with E-state index in [0.717, 1.165) is 36.6 Å². The maximum atomic E-state index is 12.5. The lowest BCUT2D eigenvalue weighted by molar-refractivity contribution is 0.0620. The number of piperazine rings is 1. The number of amides is 1. The maximum Gasteiger partial charge on any atom is 0.272 e. The number of carbonyl (C=O) groups is 1. The minimum absolute atomic E-state index is 0.00996. The molecule has 7 nitrogen and oxygen atoms in total. The predicted molar refractivity (Wildman–Crippen MR) is 102 cm³/mol. The van der Waals surface area contributed by atoms with Crippen LogP contribution in [0.3, 0.4) is 0 Å². The first-order valence-electron chi connectivity index (χ1n) is 9.07. The van der Waals surface area contributed by atoms with Crippen molar-refractivity contribution in [1.82, 2.24) is 29.5 Å². The normalized spacial score (nSPS) is 15.1. The van der Waals surface area contributed by atoms with Gasteiger partial charge in [0.1, 0.15) is 5.69 Å². The molecule has 4 heterocycles. The van der Waals surface area contributed by atoms with E-state index < -0.39 is 0 Å². The molecule has 0 spiro atoms. The molecule has 0 N–H and O–H groups in total. The van der Waals surface area contributed by atoms with Crippen LogP contribution in [-0.4, -0.2) is 61.6 Å². The van der Waals surface area contributed by atoms with Crippen LogP contribution in [0.15, 0.2) is 55.0 Å². The summed E-state index contributed by atoms with van der Waals surface area (Å²) in [6.45, 7) is 3.93. The third kappa shape index (κ3) is 3.88. The molecule has 0 radical (unpaired) electrons. The Morgan fingerprint density at radius 1 is 1.04 bits per heavy atom. The first-order valence-corrected chi connectivity index (χ1v) is 9.07. The lowest BCUT2D eigenvalue weighted by Gasteiger charge is -2.34. The zero-order valence-electron chi connectivity index (χ0n) is 15.3. The van der Waals surface area contributed by atoms with E-state index in [4.69, 9.17) is 0 Å². The van der Waals surface area contributed by atoms with E-state index in [1.54, 1.807) is 24.7 Å². The van der Waals surface area contributed by atoms with Gasteiger partial charge in [-0.05, 0) is 30.3 Å². The highest BCUT2D eigenvalue weighted by molar-refractivity contribution is 5.92. The van der Waals surface area contributed by atoms with Crippen LogP contribution in [0.1, 0.15) is 16.2 Å². The average molecular weight is 362 g/mol. The molecule has 0 bridgehead atoms. The summed E-state index contributed by atoms with van der Waals surface area (Å²) in [6, 6.07) is 11.5. The fourth-order valence-corrected chi connectivity index (χ4v) is 3.31. The zero-order chi connectivity index (χ0) is 18.6. The molecule has 3 aromatic heterocycles. The standard InChI is InChI=1S/C20H22N6O/c1-24-17(14-19(23-24)16-5-8-21-9-6-16)15-25-10-12-26(13-11-25)20(27)18-4-2-3-7-22-18/h2-9,14H,10-13,15H2,1H3. The summed E-state index contributed by atoms with van der Waals surface area (Å²) in [7, 11) is 1.97. The van der Waals surface area contributed by atoms with Gasteiger partial charge < -0.3 is 4.90 Å². The van der Waals surface area contributed by atoms with Crippen molar-refractivity contribution in [2.24, 2.45) is 7.05 Å². The van der Waals surface area contributed by atoms with Crippen LogP contribution in [0.4, 0.5) is 0 Å². The Morgan fingerprint density at radius 2 is 1.81 bits per heavy atom. The van der Waals surface area contributed by atoms with Crippen molar-refractivity contribution in [3.63, 3.8) is 0 Å². The molecule has 138 valence electrons. The largest absolute Gasteiger partial charge is 0.335 e. The van der Waals surface area contributed by atoms with Crippen LogP contribution in [0.2, 0.25) is 0 Å². The highest BCUT2D eigenvalue weighted by Crippen LogP contribution is 2.19. The van der Waals surface area contributed by atoms with Gasteiger partial charge in [-0.1, -0.05) is 6.07 Å². The van der Waals surface area contributed by atoms with Crippen molar-refractivity contribution in [2.75, 3.05) is 26.2 Å².